The Morgan fingerprint density at radius 2 is 1.73 bits per heavy atom. The van der Waals surface area contributed by atoms with Crippen molar-refractivity contribution in [2.45, 2.75) is 24.9 Å². The number of morpholine rings is 1. The molecule has 2 fully saturated rings. The van der Waals surface area contributed by atoms with E-state index in [1.807, 2.05) is 6.07 Å². The van der Waals surface area contributed by atoms with Crippen LogP contribution in [-0.2, 0) is 16.1 Å². The van der Waals surface area contributed by atoms with E-state index in [0.29, 0.717) is 13.2 Å². The van der Waals surface area contributed by atoms with Gasteiger partial charge in [0.25, 0.3) is 0 Å². The van der Waals surface area contributed by atoms with Crippen LogP contribution in [0.25, 0.3) is 0 Å². The molecule has 0 atom stereocenters. The first kappa shape index (κ1) is 15.5. The number of nitrogens with two attached hydrogens (primary N) is 1. The van der Waals surface area contributed by atoms with Gasteiger partial charge in [-0.3, -0.25) is 14.6 Å². The number of amides is 1. The molecule has 2 saturated heterocycles. The summed E-state index contributed by atoms with van der Waals surface area (Å²) < 4.78 is 5.41. The summed E-state index contributed by atoms with van der Waals surface area (Å²) in [7, 11) is 0. The normalized spacial score (nSPS) is 23.3. The summed E-state index contributed by atoms with van der Waals surface area (Å²) >= 11 is 0. The van der Waals surface area contributed by atoms with Gasteiger partial charge in [-0.05, 0) is 18.4 Å². The smallest absolute Gasteiger partial charge is 0.238 e. The molecule has 1 amide bonds. The van der Waals surface area contributed by atoms with Gasteiger partial charge in [-0.2, -0.15) is 0 Å². The van der Waals surface area contributed by atoms with E-state index < -0.39 is 5.54 Å². The van der Waals surface area contributed by atoms with Crippen LogP contribution in [0, 0.1) is 0 Å². The summed E-state index contributed by atoms with van der Waals surface area (Å²) in [4.78, 5) is 16.8. The maximum absolute atomic E-state index is 12.2. The van der Waals surface area contributed by atoms with E-state index in [9.17, 15) is 4.79 Å². The van der Waals surface area contributed by atoms with E-state index in [4.69, 9.17) is 10.5 Å². The summed E-state index contributed by atoms with van der Waals surface area (Å²) in [6.07, 6.45) is 1.63. The number of nitrogens with zero attached hydrogens (tertiary/aromatic N) is 2. The quantitative estimate of drug-likeness (QED) is 0.895. The average molecular weight is 303 g/mol. The lowest BCUT2D eigenvalue weighted by Gasteiger charge is -2.48. The Morgan fingerprint density at radius 1 is 1.09 bits per heavy atom. The molecule has 22 heavy (non-hydrogen) atoms. The van der Waals surface area contributed by atoms with Crippen molar-refractivity contribution < 1.29 is 9.53 Å². The molecular formula is C17H25N3O2. The molecule has 2 aliphatic rings. The van der Waals surface area contributed by atoms with Crippen LogP contribution < -0.4 is 5.73 Å². The summed E-state index contributed by atoms with van der Waals surface area (Å²) in [5, 5.41) is 0. The molecule has 0 aliphatic carbocycles. The highest BCUT2D eigenvalue weighted by atomic mass is 16.5. The zero-order chi connectivity index (χ0) is 15.4. The van der Waals surface area contributed by atoms with Gasteiger partial charge in [-0.1, -0.05) is 30.3 Å². The minimum absolute atomic E-state index is 0.172. The van der Waals surface area contributed by atoms with E-state index >= 15 is 0 Å². The number of hydrogen-bond donors (Lipinski definition) is 1. The second-order valence-corrected chi connectivity index (χ2v) is 6.26. The fraction of sp³-hybridized carbons (Fsp3) is 0.588. The lowest BCUT2D eigenvalue weighted by atomic mass is 9.84. The fourth-order valence-electron chi connectivity index (χ4n) is 3.63. The fourth-order valence-corrected chi connectivity index (χ4v) is 3.63. The van der Waals surface area contributed by atoms with Gasteiger partial charge in [0, 0.05) is 32.7 Å². The molecule has 0 bridgehead atoms. The van der Waals surface area contributed by atoms with Gasteiger partial charge in [-0.15, -0.1) is 0 Å². The number of primary amides is 1. The first-order valence-electron chi connectivity index (χ1n) is 8.10. The van der Waals surface area contributed by atoms with Crippen LogP contribution in [0.4, 0.5) is 0 Å². The Labute approximate surface area is 132 Å². The minimum Gasteiger partial charge on any atom is -0.379 e. The summed E-state index contributed by atoms with van der Waals surface area (Å²) in [6.45, 7) is 5.78. The first-order valence-corrected chi connectivity index (χ1v) is 8.10. The third kappa shape index (κ3) is 3.16. The molecule has 2 heterocycles. The minimum atomic E-state index is -0.475. The van der Waals surface area contributed by atoms with E-state index in [2.05, 4.69) is 34.1 Å². The summed E-state index contributed by atoms with van der Waals surface area (Å²) in [5.41, 5.74) is 6.64. The van der Waals surface area contributed by atoms with Crippen LogP contribution in [0.15, 0.2) is 30.3 Å². The zero-order valence-electron chi connectivity index (χ0n) is 13.0. The molecule has 0 spiro atoms. The topological polar surface area (TPSA) is 58.8 Å². The van der Waals surface area contributed by atoms with Crippen LogP contribution in [0.3, 0.4) is 0 Å². The Kier molecular flexibility index (Phi) is 4.76. The Balaban J connectivity index is 1.63. The third-order valence-corrected chi connectivity index (χ3v) is 5.01. The SMILES string of the molecule is NC(=O)C1(N2CCOCC2)CCN(Cc2ccccc2)CC1. The maximum Gasteiger partial charge on any atom is 0.238 e. The van der Waals surface area contributed by atoms with Crippen molar-refractivity contribution in [3.8, 4) is 0 Å². The van der Waals surface area contributed by atoms with Gasteiger partial charge in [0.1, 0.15) is 5.54 Å². The van der Waals surface area contributed by atoms with Gasteiger partial charge in [0.15, 0.2) is 0 Å². The molecule has 5 nitrogen and oxygen atoms in total. The lowest BCUT2D eigenvalue weighted by Crippen LogP contribution is -2.64. The monoisotopic (exact) mass is 303 g/mol. The van der Waals surface area contributed by atoms with Crippen LogP contribution in [0.1, 0.15) is 18.4 Å². The van der Waals surface area contributed by atoms with E-state index in [0.717, 1.165) is 45.6 Å². The number of rotatable bonds is 4. The number of carbonyl (C=O) groups excluding carboxylic acids is 1. The van der Waals surface area contributed by atoms with Crippen molar-refractivity contribution in [1.29, 1.82) is 0 Å². The van der Waals surface area contributed by atoms with Gasteiger partial charge >= 0.3 is 0 Å². The van der Waals surface area contributed by atoms with Gasteiger partial charge in [-0.25, -0.2) is 0 Å². The summed E-state index contributed by atoms with van der Waals surface area (Å²) in [5.74, 6) is -0.172. The van der Waals surface area contributed by atoms with Crippen molar-refractivity contribution in [1.82, 2.24) is 9.80 Å². The van der Waals surface area contributed by atoms with Crippen LogP contribution >= 0.6 is 0 Å². The Morgan fingerprint density at radius 3 is 2.32 bits per heavy atom. The predicted octanol–water partition coefficient (Wildman–Crippen LogP) is 0.839. The van der Waals surface area contributed by atoms with Crippen LogP contribution in [0.5, 0.6) is 0 Å². The zero-order valence-corrected chi connectivity index (χ0v) is 13.0. The van der Waals surface area contributed by atoms with Crippen molar-refractivity contribution in [3.05, 3.63) is 35.9 Å². The molecule has 3 rings (SSSR count). The van der Waals surface area contributed by atoms with Crippen molar-refractivity contribution in [2.24, 2.45) is 5.73 Å². The highest BCUT2D eigenvalue weighted by molar-refractivity contribution is 5.84. The number of piperidine rings is 1. The largest absolute Gasteiger partial charge is 0.379 e. The molecule has 2 aliphatic heterocycles. The Bertz CT molecular complexity index is 492. The van der Waals surface area contributed by atoms with Crippen molar-refractivity contribution in [2.75, 3.05) is 39.4 Å². The standard InChI is InChI=1S/C17H25N3O2/c18-16(21)17(20-10-12-22-13-11-20)6-8-19(9-7-17)14-15-4-2-1-3-5-15/h1-5H,6-14H2,(H2,18,21). The Hall–Kier alpha value is -1.43. The van der Waals surface area contributed by atoms with E-state index in [-0.39, 0.29) is 5.91 Å². The second-order valence-electron chi connectivity index (χ2n) is 6.26. The number of hydrogen-bond acceptors (Lipinski definition) is 4. The van der Waals surface area contributed by atoms with Gasteiger partial charge < -0.3 is 10.5 Å². The van der Waals surface area contributed by atoms with Gasteiger partial charge in [0.2, 0.25) is 5.91 Å². The van der Waals surface area contributed by atoms with Crippen LogP contribution in [-0.4, -0.2) is 60.6 Å². The third-order valence-electron chi connectivity index (χ3n) is 5.01. The highest BCUT2D eigenvalue weighted by Gasteiger charge is 2.45. The van der Waals surface area contributed by atoms with Crippen molar-refractivity contribution >= 4 is 5.91 Å². The molecule has 0 aromatic heterocycles. The van der Waals surface area contributed by atoms with Crippen LogP contribution in [0.2, 0.25) is 0 Å². The number of ether oxygens (including phenoxy) is 1. The molecule has 1 aromatic carbocycles. The molecule has 2 N–H and O–H groups in total. The van der Waals surface area contributed by atoms with E-state index in [1.54, 1.807) is 0 Å². The van der Waals surface area contributed by atoms with E-state index in [1.165, 1.54) is 5.56 Å². The number of benzene rings is 1. The molecule has 0 radical (unpaired) electrons. The first-order chi connectivity index (χ1) is 10.7. The average Bonchev–Trinajstić information content (AvgIpc) is 2.57. The predicted molar refractivity (Wildman–Crippen MR) is 85.3 cm³/mol. The molecule has 120 valence electrons. The maximum atomic E-state index is 12.2. The molecular weight excluding hydrogens is 278 g/mol. The molecule has 5 heteroatoms. The summed E-state index contributed by atoms with van der Waals surface area (Å²) in [6, 6.07) is 10.5. The molecule has 1 aromatic rings. The number of carbonyl (C=O) groups is 1. The number of likely N-dealkylation sites (tertiary alicyclic amines) is 1. The molecule has 0 saturated carbocycles. The van der Waals surface area contributed by atoms with Gasteiger partial charge in [0.05, 0.1) is 13.2 Å². The lowest BCUT2D eigenvalue weighted by molar-refractivity contribution is -0.138. The molecule has 0 unspecified atom stereocenters. The highest BCUT2D eigenvalue weighted by Crippen LogP contribution is 2.30. The second kappa shape index (κ2) is 6.77. The van der Waals surface area contributed by atoms with Crippen molar-refractivity contribution in [3.63, 3.8) is 0 Å².